The van der Waals surface area contributed by atoms with Crippen molar-refractivity contribution in [3.05, 3.63) is 88.5 Å². The molecule has 0 spiro atoms. The third kappa shape index (κ3) is 14.6. The van der Waals surface area contributed by atoms with Crippen LogP contribution in [-0.2, 0) is 17.6 Å². The second-order valence-corrected chi connectivity index (χ2v) is 16.8. The molecule has 1 saturated heterocycles. The molecule has 2 heterocycles. The van der Waals surface area contributed by atoms with E-state index in [-0.39, 0.29) is 49.8 Å². The number of aryl methyl sites for hydroxylation is 1. The molecule has 58 heavy (non-hydrogen) atoms. The number of benzene rings is 2. The molecular weight excluding hydrogens is 737 g/mol. The number of aliphatic carboxylic acids is 1. The summed E-state index contributed by atoms with van der Waals surface area (Å²) in [7, 11) is 0. The summed E-state index contributed by atoms with van der Waals surface area (Å²) in [6.45, 7) is 5.29. The van der Waals surface area contributed by atoms with E-state index >= 15 is 0 Å². The molecule has 10 atom stereocenters. The van der Waals surface area contributed by atoms with Gasteiger partial charge >= 0.3 is 5.97 Å². The van der Waals surface area contributed by atoms with Crippen LogP contribution in [0.15, 0.2) is 71.8 Å². The number of carbonyl (C=O) groups is 1. The summed E-state index contributed by atoms with van der Waals surface area (Å²) in [6, 6.07) is 12.9. The third-order valence-electron chi connectivity index (χ3n) is 11.9. The van der Waals surface area contributed by atoms with Crippen LogP contribution in [0.2, 0.25) is 0 Å². The zero-order chi connectivity index (χ0) is 42.2. The maximum atomic E-state index is 12.3. The number of rotatable bonds is 18. The zero-order valence-electron chi connectivity index (χ0n) is 34.6. The van der Waals surface area contributed by atoms with E-state index in [1.807, 2.05) is 38.1 Å². The Morgan fingerprint density at radius 2 is 1.76 bits per heavy atom. The van der Waals surface area contributed by atoms with Gasteiger partial charge in [0.15, 0.2) is 0 Å². The summed E-state index contributed by atoms with van der Waals surface area (Å²) >= 11 is 0. The summed E-state index contributed by atoms with van der Waals surface area (Å²) in [5, 5.41) is 94.4. The van der Waals surface area contributed by atoms with Crippen molar-refractivity contribution in [1.82, 2.24) is 10.6 Å². The van der Waals surface area contributed by atoms with Crippen molar-refractivity contribution in [3.8, 4) is 17.6 Å². The van der Waals surface area contributed by atoms with Crippen LogP contribution in [0.25, 0.3) is 0 Å². The molecule has 11 nitrogen and oxygen atoms in total. The molecular formula is C47H68N2O9. The van der Waals surface area contributed by atoms with Gasteiger partial charge in [0.05, 0.1) is 36.6 Å². The van der Waals surface area contributed by atoms with Crippen molar-refractivity contribution in [2.24, 2.45) is 5.92 Å². The highest BCUT2D eigenvalue weighted by atomic mass is 16.4. The Kier molecular flexibility index (Phi) is 18.9. The van der Waals surface area contributed by atoms with E-state index in [0.717, 1.165) is 53.5 Å². The van der Waals surface area contributed by atoms with E-state index in [0.29, 0.717) is 32.1 Å². The van der Waals surface area contributed by atoms with Gasteiger partial charge in [0.25, 0.3) is 0 Å². The minimum Gasteiger partial charge on any atom is -0.508 e. The molecule has 0 aliphatic carbocycles. The maximum absolute atomic E-state index is 12.3. The van der Waals surface area contributed by atoms with Gasteiger partial charge in [0, 0.05) is 49.0 Å². The number of carboxylic acid groups (broad SMARTS) is 1. The molecule has 0 amide bonds. The minimum absolute atomic E-state index is 0.0406. The van der Waals surface area contributed by atoms with Crippen LogP contribution in [0.4, 0.5) is 0 Å². The first-order chi connectivity index (χ1) is 27.7. The fourth-order valence-corrected chi connectivity index (χ4v) is 8.49. The number of phenols is 1. The molecule has 11 heteroatoms. The molecule has 2 aliphatic heterocycles. The van der Waals surface area contributed by atoms with E-state index in [2.05, 4.69) is 22.5 Å². The Balaban J connectivity index is 1.86. The van der Waals surface area contributed by atoms with Gasteiger partial charge in [-0.15, -0.1) is 0 Å². The average Bonchev–Trinajstić information content (AvgIpc) is 3.37. The van der Waals surface area contributed by atoms with Crippen LogP contribution >= 0.6 is 0 Å². The Morgan fingerprint density at radius 1 is 1.02 bits per heavy atom. The number of aromatic hydroxyl groups is 1. The van der Waals surface area contributed by atoms with Crippen LogP contribution in [0.3, 0.4) is 0 Å². The Bertz CT molecular complexity index is 1700. The summed E-state index contributed by atoms with van der Waals surface area (Å²) in [5.74, 6) is 5.58. The van der Waals surface area contributed by atoms with Crippen LogP contribution in [0.1, 0.15) is 115 Å². The molecule has 0 radical (unpaired) electrons. The third-order valence-corrected chi connectivity index (χ3v) is 11.9. The van der Waals surface area contributed by atoms with Crippen molar-refractivity contribution in [2.45, 2.75) is 165 Å². The highest BCUT2D eigenvalue weighted by molar-refractivity contribution is 5.67. The van der Waals surface area contributed by atoms with Gasteiger partial charge < -0.3 is 51.5 Å². The molecule has 0 unspecified atom stereocenters. The summed E-state index contributed by atoms with van der Waals surface area (Å²) < 4.78 is 0. The van der Waals surface area contributed by atoms with E-state index in [1.54, 1.807) is 43.3 Å². The van der Waals surface area contributed by atoms with Crippen LogP contribution in [0.5, 0.6) is 5.75 Å². The smallest absolute Gasteiger partial charge is 0.303 e. The Hall–Kier alpha value is -3.57. The quantitative estimate of drug-likeness (QED) is 0.0939. The lowest BCUT2D eigenvalue weighted by Gasteiger charge is -2.38. The molecule has 0 aromatic heterocycles. The van der Waals surface area contributed by atoms with Gasteiger partial charge in [0.2, 0.25) is 0 Å². The largest absolute Gasteiger partial charge is 0.508 e. The van der Waals surface area contributed by atoms with Crippen molar-refractivity contribution < 1.29 is 45.6 Å². The topological polar surface area (TPSA) is 203 Å². The zero-order valence-corrected chi connectivity index (χ0v) is 34.6. The van der Waals surface area contributed by atoms with Crippen molar-refractivity contribution in [1.29, 1.82) is 0 Å². The second kappa shape index (κ2) is 23.3. The average molecular weight is 805 g/mol. The lowest BCUT2D eigenvalue weighted by atomic mass is 9.82. The maximum Gasteiger partial charge on any atom is 0.303 e. The van der Waals surface area contributed by atoms with E-state index in [4.69, 9.17) is 0 Å². The van der Waals surface area contributed by atoms with Crippen LogP contribution in [-0.4, -0.2) is 108 Å². The number of nitrogens with one attached hydrogen (secondary N) is 2. The van der Waals surface area contributed by atoms with Crippen LogP contribution in [0, 0.1) is 17.8 Å². The number of allylic oxidation sites excluding steroid dienone is 2. The Labute approximate surface area is 344 Å². The first-order valence-corrected chi connectivity index (χ1v) is 21.2. The van der Waals surface area contributed by atoms with Gasteiger partial charge in [-0.2, -0.15) is 0 Å². The molecule has 0 saturated carbocycles. The molecule has 2 aromatic rings. The molecule has 10 N–H and O–H groups in total. The highest BCUT2D eigenvalue weighted by Gasteiger charge is 2.37. The van der Waals surface area contributed by atoms with Gasteiger partial charge in [-0.25, -0.2) is 0 Å². The van der Waals surface area contributed by atoms with Crippen molar-refractivity contribution >= 4 is 5.97 Å². The van der Waals surface area contributed by atoms with E-state index in [9.17, 15) is 45.6 Å². The fourth-order valence-electron chi connectivity index (χ4n) is 8.49. The number of phenolic OH excluding ortho intramolecular Hbond substituents is 1. The van der Waals surface area contributed by atoms with Crippen LogP contribution < -0.4 is 10.6 Å². The van der Waals surface area contributed by atoms with Gasteiger partial charge in [0.1, 0.15) is 5.75 Å². The fraction of sp³-hybridized carbons (Fsp3) is 0.596. The summed E-state index contributed by atoms with van der Waals surface area (Å²) in [5.41, 5.74) is 2.73. The monoisotopic (exact) mass is 804 g/mol. The lowest BCUT2D eigenvalue weighted by Crippen LogP contribution is -2.54. The van der Waals surface area contributed by atoms with Crippen molar-refractivity contribution in [2.75, 3.05) is 6.61 Å². The molecule has 0 bridgehead atoms. The summed E-state index contributed by atoms with van der Waals surface area (Å²) in [6.07, 6.45) is 5.62. The summed E-state index contributed by atoms with van der Waals surface area (Å²) in [4.78, 5) is 11.9. The number of fused-ring (bicyclic) bond motifs is 1. The lowest BCUT2D eigenvalue weighted by molar-refractivity contribution is -0.138. The SMILES string of the molecule is CCCC[C@H](O)[C@H](O)C=CC1=C(C[C@H](O)CO)[C@H](CC[C@H](O)[C@@H]2N[C@@H](C)CCC[C@@H]2CC(=O)O)N[C@@H]([C@@](C)(O)Cc2ccc(O)cc2)CC#Cc2ccccc2CC1. The predicted molar refractivity (Wildman–Crippen MR) is 226 cm³/mol. The highest BCUT2D eigenvalue weighted by Crippen LogP contribution is 2.32. The molecule has 2 aliphatic rings. The number of hydrogen-bond donors (Lipinski definition) is 10. The van der Waals surface area contributed by atoms with Gasteiger partial charge in [-0.05, 0) is 112 Å². The minimum atomic E-state index is -1.40. The standard InChI is InChI=1S/C47H68N2O9/c1-4-5-15-41(53)42(54)25-21-35-20-19-34-12-7-6-11-33(34)13-9-16-44(47(3,58)29-32-17-22-37(51)23-18-32)49-40(39(35)28-38(52)30-50)24-26-43(55)46-36(27-45(56)57)14-8-10-31(2)48-46/h6-7,11-12,17-18,21-23,25,31,36,38,40-44,46,48-55,58H,4-5,8,10,14-16,19-20,24,26-30H2,1-3H3,(H,56,57)/t31-,36+,38-,40-,41-,42+,43-,44+,46+,47-/m0/s1. The van der Waals surface area contributed by atoms with Crippen molar-refractivity contribution in [3.63, 3.8) is 0 Å². The first kappa shape index (κ1) is 47.1. The number of hydrogen-bond acceptors (Lipinski definition) is 10. The molecule has 320 valence electrons. The predicted octanol–water partition coefficient (Wildman–Crippen LogP) is 4.67. The van der Waals surface area contributed by atoms with Gasteiger partial charge in [-0.1, -0.05) is 80.5 Å². The van der Waals surface area contributed by atoms with E-state index < -0.39 is 60.7 Å². The second-order valence-electron chi connectivity index (χ2n) is 16.8. The first-order valence-electron chi connectivity index (χ1n) is 21.2. The van der Waals surface area contributed by atoms with Gasteiger partial charge in [-0.3, -0.25) is 4.79 Å². The number of aliphatic hydroxyl groups excluding tert-OH is 5. The number of unbranched alkanes of at least 4 members (excludes halogenated alkanes) is 1. The number of aliphatic hydroxyl groups is 6. The van der Waals surface area contributed by atoms with E-state index in [1.165, 1.54) is 0 Å². The Morgan fingerprint density at radius 3 is 2.47 bits per heavy atom. The number of carboxylic acids is 1. The normalized spacial score (nSPS) is 25.2. The molecule has 1 fully saturated rings. The molecule has 4 rings (SSSR count). The molecule has 2 aromatic carbocycles.